The summed E-state index contributed by atoms with van der Waals surface area (Å²) in [6, 6.07) is 24.1. The van der Waals surface area contributed by atoms with Crippen LogP contribution in [0.5, 0.6) is 0 Å². The average Bonchev–Trinajstić information content (AvgIpc) is 3.82. The van der Waals surface area contributed by atoms with Crippen molar-refractivity contribution in [2.75, 3.05) is 0 Å². The molecule has 6 heteroatoms. The molecule has 2 aliphatic heterocycles. The molecule has 0 saturated heterocycles. The van der Waals surface area contributed by atoms with Gasteiger partial charge in [0.15, 0.2) is 0 Å². The van der Waals surface area contributed by atoms with Crippen molar-refractivity contribution < 1.29 is 0 Å². The van der Waals surface area contributed by atoms with Gasteiger partial charge in [0, 0.05) is 0 Å². The van der Waals surface area contributed by atoms with Crippen molar-refractivity contribution in [2.45, 2.75) is 41.5 Å². The molecule has 0 radical (unpaired) electrons. The van der Waals surface area contributed by atoms with E-state index in [0.29, 0.717) is 0 Å². The van der Waals surface area contributed by atoms with E-state index in [4.69, 9.17) is 0 Å². The molecule has 0 nitrogen and oxygen atoms in total. The van der Waals surface area contributed by atoms with E-state index >= 15 is 0 Å². The van der Waals surface area contributed by atoms with Gasteiger partial charge in [-0.2, -0.15) is 45.3 Å². The highest BCUT2D eigenvalue weighted by Crippen LogP contribution is 2.45. The number of rotatable bonds is 2. The summed E-state index contributed by atoms with van der Waals surface area (Å²) in [5, 5.41) is 9.26. The SMILES string of the molecule is Cc1cc(C)c(B2c3sccc3-c3cc4c(cc3-c3ccsc32)-c2ccsc2B(c2c(C)cc(C)cc2C)c2sccc2-4)c(C)c1. The van der Waals surface area contributed by atoms with E-state index in [9.17, 15) is 0 Å². The standard InChI is InChI=1S/C40H32B2S4/c1-21-15-23(3)35(24(4)16-21)41-37-27(7-11-43-37)31-19-33-29-9-13-45-39(29)42(36-25(5)17-22(2)18-26(36)6)40-30(10-14-46-40)34(33)20-32(31)28-8-12-44-38(28)41/h7-20H,1-6H3. The molecule has 0 fully saturated rings. The van der Waals surface area contributed by atoms with E-state index in [0.717, 1.165) is 0 Å². The van der Waals surface area contributed by atoms with Gasteiger partial charge in [-0.3, -0.25) is 0 Å². The summed E-state index contributed by atoms with van der Waals surface area (Å²) in [5.74, 6) is 0. The molecular weight excluding hydrogens is 630 g/mol. The van der Waals surface area contributed by atoms with Crippen LogP contribution in [0.4, 0.5) is 0 Å². The summed E-state index contributed by atoms with van der Waals surface area (Å²) in [6.07, 6.45) is 0. The predicted octanol–water partition coefficient (Wildman–Crippen LogP) is 8.11. The lowest BCUT2D eigenvalue weighted by Gasteiger charge is -2.19. The lowest BCUT2D eigenvalue weighted by molar-refractivity contribution is 1.35. The number of benzene rings is 3. The highest BCUT2D eigenvalue weighted by atomic mass is 32.1. The number of thiophene rings is 4. The Kier molecular flexibility index (Phi) is 6.60. The molecule has 0 N–H and O–H groups in total. The van der Waals surface area contributed by atoms with E-state index in [2.05, 4.69) is 124 Å². The van der Waals surface area contributed by atoms with Crippen LogP contribution < -0.4 is 30.0 Å². The molecule has 0 amide bonds. The summed E-state index contributed by atoms with van der Waals surface area (Å²) in [5.41, 5.74) is 22.2. The van der Waals surface area contributed by atoms with Crippen molar-refractivity contribution in [3.8, 4) is 44.5 Å². The van der Waals surface area contributed by atoms with Crippen molar-refractivity contribution in [1.29, 1.82) is 0 Å². The highest BCUT2D eigenvalue weighted by molar-refractivity contribution is 7.35. The monoisotopic (exact) mass is 662 g/mol. The second kappa shape index (κ2) is 10.6. The quantitative estimate of drug-likeness (QED) is 0.164. The maximum atomic E-state index is 2.55. The van der Waals surface area contributed by atoms with Gasteiger partial charge in [-0.25, -0.2) is 0 Å². The second-order valence-corrected chi connectivity index (χ2v) is 17.0. The van der Waals surface area contributed by atoms with E-state index < -0.39 is 0 Å². The minimum absolute atomic E-state index is 0.239. The molecule has 0 unspecified atom stereocenters. The number of aryl methyl sites for hydroxylation is 6. The summed E-state index contributed by atoms with van der Waals surface area (Å²) in [6.45, 7) is 14.1. The third-order valence-electron chi connectivity index (χ3n) is 10.2. The molecule has 4 aromatic heterocycles. The number of hydrogen-bond donors (Lipinski definition) is 0. The fourth-order valence-electron chi connectivity index (χ4n) is 8.61. The maximum Gasteiger partial charge on any atom is 0.268 e. The average molecular weight is 663 g/mol. The Morgan fingerprint density at radius 2 is 0.609 bits per heavy atom. The fourth-order valence-corrected chi connectivity index (χ4v) is 12.9. The Hall–Kier alpha value is -3.41. The molecule has 2 aliphatic rings. The van der Waals surface area contributed by atoms with Gasteiger partial charge in [-0.15, -0.1) is 0 Å². The minimum Gasteiger partial charge on any atom is -0.157 e. The van der Waals surface area contributed by atoms with Crippen LogP contribution in [0.2, 0.25) is 0 Å². The molecular formula is C40H32B2S4. The van der Waals surface area contributed by atoms with Gasteiger partial charge in [0.05, 0.1) is 0 Å². The van der Waals surface area contributed by atoms with Gasteiger partial charge in [0.1, 0.15) is 0 Å². The lowest BCUT2D eigenvalue weighted by atomic mass is 9.40. The first-order chi connectivity index (χ1) is 22.3. The Bertz CT molecular complexity index is 2050. The molecule has 0 spiro atoms. The summed E-state index contributed by atoms with van der Waals surface area (Å²) in [4.78, 5) is 0. The Morgan fingerprint density at radius 1 is 0.348 bits per heavy atom. The van der Waals surface area contributed by atoms with Crippen LogP contribution in [-0.2, 0) is 0 Å². The van der Waals surface area contributed by atoms with Crippen LogP contribution in [0.25, 0.3) is 44.5 Å². The number of fused-ring (bicyclic) bond motifs is 10. The third kappa shape index (κ3) is 4.10. The third-order valence-corrected chi connectivity index (χ3v) is 14.1. The molecule has 0 aliphatic carbocycles. The molecule has 46 heavy (non-hydrogen) atoms. The smallest absolute Gasteiger partial charge is 0.157 e. The van der Waals surface area contributed by atoms with Gasteiger partial charge in [-0.1, -0.05) is 68.6 Å². The molecule has 222 valence electrons. The Labute approximate surface area is 288 Å². The van der Waals surface area contributed by atoms with Crippen LogP contribution >= 0.6 is 45.3 Å². The zero-order valence-corrected chi connectivity index (χ0v) is 30.1. The fraction of sp³-hybridized carbons (Fsp3) is 0.150. The molecule has 6 heterocycles. The van der Waals surface area contributed by atoms with Crippen LogP contribution in [0.3, 0.4) is 0 Å². The van der Waals surface area contributed by atoms with E-state index in [-0.39, 0.29) is 13.4 Å². The largest absolute Gasteiger partial charge is 0.268 e. The van der Waals surface area contributed by atoms with Gasteiger partial charge >= 0.3 is 0 Å². The number of hydrogen-bond acceptors (Lipinski definition) is 4. The van der Waals surface area contributed by atoms with Crippen molar-refractivity contribution in [3.05, 3.63) is 116 Å². The van der Waals surface area contributed by atoms with Crippen molar-refractivity contribution in [3.63, 3.8) is 0 Å². The van der Waals surface area contributed by atoms with Crippen molar-refractivity contribution >= 4 is 88.8 Å². The molecule has 9 rings (SSSR count). The van der Waals surface area contributed by atoms with Crippen LogP contribution in [0, 0.1) is 41.5 Å². The Balaban J connectivity index is 1.34. The highest BCUT2D eigenvalue weighted by Gasteiger charge is 2.39. The van der Waals surface area contributed by atoms with Crippen molar-refractivity contribution in [1.82, 2.24) is 0 Å². The first-order valence-electron chi connectivity index (χ1n) is 15.9. The molecule has 3 aromatic carbocycles. The van der Waals surface area contributed by atoms with E-state index in [1.54, 1.807) is 0 Å². The predicted molar refractivity (Wildman–Crippen MR) is 210 cm³/mol. The van der Waals surface area contributed by atoms with Crippen LogP contribution in [0.1, 0.15) is 33.4 Å². The molecule has 0 bridgehead atoms. The molecule has 0 saturated carbocycles. The summed E-state index contributed by atoms with van der Waals surface area (Å²) >= 11 is 7.70. The van der Waals surface area contributed by atoms with Gasteiger partial charge < -0.3 is 0 Å². The zero-order chi connectivity index (χ0) is 31.4. The first kappa shape index (κ1) is 28.8. The maximum absolute atomic E-state index is 2.55. The van der Waals surface area contributed by atoms with Crippen molar-refractivity contribution in [2.24, 2.45) is 0 Å². The van der Waals surface area contributed by atoms with E-state index in [1.165, 1.54) is 108 Å². The lowest BCUT2D eigenvalue weighted by Crippen LogP contribution is -2.52. The van der Waals surface area contributed by atoms with Gasteiger partial charge in [0.25, 0.3) is 13.4 Å². The Morgan fingerprint density at radius 3 is 0.870 bits per heavy atom. The first-order valence-corrected chi connectivity index (χ1v) is 19.5. The second-order valence-electron chi connectivity index (χ2n) is 13.2. The molecule has 7 aromatic rings. The normalized spacial score (nSPS) is 12.9. The van der Waals surface area contributed by atoms with Crippen LogP contribution in [-0.4, -0.2) is 13.4 Å². The minimum atomic E-state index is 0.239. The summed E-state index contributed by atoms with van der Waals surface area (Å²) < 4.78 is 5.88. The van der Waals surface area contributed by atoms with E-state index in [1.807, 2.05) is 45.3 Å². The summed E-state index contributed by atoms with van der Waals surface area (Å²) in [7, 11) is 0. The molecule has 0 atom stereocenters. The topological polar surface area (TPSA) is 0 Å². The van der Waals surface area contributed by atoms with Gasteiger partial charge in [-0.05, 0) is 163 Å². The van der Waals surface area contributed by atoms with Crippen LogP contribution in [0.15, 0.2) is 82.2 Å². The van der Waals surface area contributed by atoms with Gasteiger partial charge in [0.2, 0.25) is 0 Å². The zero-order valence-electron chi connectivity index (χ0n) is 26.9.